The first-order chi connectivity index (χ1) is 16.9. The highest BCUT2D eigenvalue weighted by Crippen LogP contribution is 2.44. The monoisotopic (exact) mass is 475 g/mol. The van der Waals surface area contributed by atoms with Crippen LogP contribution >= 0.6 is 0 Å². The molecule has 182 valence electrons. The second-order valence-electron chi connectivity index (χ2n) is 9.97. The van der Waals surface area contributed by atoms with Gasteiger partial charge in [-0.15, -0.1) is 0 Å². The molecule has 3 aromatic rings. The van der Waals surface area contributed by atoms with Crippen molar-refractivity contribution in [3.63, 3.8) is 0 Å². The molecule has 1 saturated carbocycles. The number of aliphatic hydroxyl groups is 1. The average Bonchev–Trinajstić information content (AvgIpc) is 3.50. The molecule has 6 rings (SSSR count). The van der Waals surface area contributed by atoms with E-state index in [0.29, 0.717) is 35.8 Å². The molecule has 2 bridgehead atoms. The molecule has 0 aromatic carbocycles. The van der Waals surface area contributed by atoms with Crippen LogP contribution in [0.3, 0.4) is 0 Å². The number of hydrogen-bond acceptors (Lipinski definition) is 8. The van der Waals surface area contributed by atoms with Gasteiger partial charge in [-0.3, -0.25) is 9.59 Å². The minimum atomic E-state index is -0.476. The molecule has 2 saturated heterocycles. The van der Waals surface area contributed by atoms with Gasteiger partial charge in [-0.2, -0.15) is 9.61 Å². The van der Waals surface area contributed by atoms with Crippen molar-refractivity contribution in [2.45, 2.75) is 69.5 Å². The number of carbonyl (C=O) groups is 2. The van der Waals surface area contributed by atoms with Crippen LogP contribution < -0.4 is 11.1 Å². The lowest BCUT2D eigenvalue weighted by atomic mass is 9.85. The number of amides is 1. The van der Waals surface area contributed by atoms with Gasteiger partial charge < -0.3 is 21.1 Å². The van der Waals surface area contributed by atoms with Crippen molar-refractivity contribution >= 4 is 29.0 Å². The number of carbonyl (C=O) groups excluding carboxylic acids is 2. The van der Waals surface area contributed by atoms with E-state index in [-0.39, 0.29) is 35.5 Å². The van der Waals surface area contributed by atoms with Crippen LogP contribution in [-0.2, 0) is 4.79 Å². The zero-order chi connectivity index (χ0) is 24.3. The van der Waals surface area contributed by atoms with Crippen LogP contribution in [0, 0.1) is 0 Å². The Balaban J connectivity index is 1.39. The van der Waals surface area contributed by atoms with Crippen LogP contribution in [0.15, 0.2) is 24.5 Å². The van der Waals surface area contributed by atoms with E-state index in [4.69, 9.17) is 10.7 Å². The number of pyridine rings is 1. The first-order valence-corrected chi connectivity index (χ1v) is 12.3. The molecule has 10 nitrogen and oxygen atoms in total. The maximum Gasteiger partial charge on any atom is 0.248 e. The molecule has 3 atom stereocenters. The Kier molecular flexibility index (Phi) is 5.21. The second-order valence-corrected chi connectivity index (χ2v) is 9.97. The Bertz CT molecular complexity index is 1300. The minimum absolute atomic E-state index is 0.00700. The number of Topliss-reactive ketones (excluding diaryl/α,β-unsaturated/α-hetero) is 1. The van der Waals surface area contributed by atoms with E-state index in [0.717, 1.165) is 29.8 Å². The lowest BCUT2D eigenvalue weighted by Gasteiger charge is -2.39. The number of ketones is 1. The van der Waals surface area contributed by atoms with Gasteiger partial charge in [0, 0.05) is 41.4 Å². The standard InChI is InChI=1S/C25H29N7O3/c1-13(34)22-23(15-8-17-5-6-18(9-15)31(17)21(35)12-33)30-25-19(11-28-32(25)24(22)26)14-2-7-20(27-10-14)29-16-3-4-16/h2,7,10-11,15-18,33H,3-6,8-9,12,26H2,1H3,(H,27,29)/t15-,17+,18-. The molecular formula is C25H29N7O3. The fourth-order valence-corrected chi connectivity index (χ4v) is 5.86. The van der Waals surface area contributed by atoms with E-state index < -0.39 is 6.61 Å². The molecule has 3 fully saturated rings. The van der Waals surface area contributed by atoms with Gasteiger partial charge in [0.05, 0.1) is 17.5 Å². The molecule has 1 amide bonds. The van der Waals surface area contributed by atoms with Crippen LogP contribution in [0.25, 0.3) is 16.8 Å². The number of nitrogen functional groups attached to an aromatic ring is 1. The molecule has 1 aliphatic carbocycles. The van der Waals surface area contributed by atoms with Gasteiger partial charge in [0.15, 0.2) is 11.4 Å². The molecule has 4 N–H and O–H groups in total. The Morgan fingerprint density at radius 2 is 1.89 bits per heavy atom. The first kappa shape index (κ1) is 22.0. The Labute approximate surface area is 202 Å². The highest BCUT2D eigenvalue weighted by Gasteiger charge is 2.44. The maximum atomic E-state index is 12.7. The smallest absolute Gasteiger partial charge is 0.248 e. The summed E-state index contributed by atoms with van der Waals surface area (Å²) in [6.07, 6.45) is 9.04. The van der Waals surface area contributed by atoms with Crippen LogP contribution in [0.4, 0.5) is 11.6 Å². The van der Waals surface area contributed by atoms with Crippen LogP contribution in [-0.4, -0.2) is 66.0 Å². The molecule has 3 aromatic heterocycles. The number of anilines is 2. The van der Waals surface area contributed by atoms with Crippen molar-refractivity contribution in [1.82, 2.24) is 24.5 Å². The van der Waals surface area contributed by atoms with Crippen LogP contribution in [0.2, 0.25) is 0 Å². The number of nitrogens with two attached hydrogens (primary N) is 1. The van der Waals surface area contributed by atoms with Gasteiger partial charge in [0.1, 0.15) is 18.2 Å². The van der Waals surface area contributed by atoms with Crippen LogP contribution in [0.1, 0.15) is 67.4 Å². The van der Waals surface area contributed by atoms with Crippen molar-refractivity contribution in [2.24, 2.45) is 0 Å². The van der Waals surface area contributed by atoms with Crippen molar-refractivity contribution in [3.8, 4) is 11.1 Å². The van der Waals surface area contributed by atoms with Crippen molar-refractivity contribution in [1.29, 1.82) is 0 Å². The summed E-state index contributed by atoms with van der Waals surface area (Å²) in [6, 6.07) is 4.55. The predicted octanol–water partition coefficient (Wildman–Crippen LogP) is 2.38. The Hall–Kier alpha value is -3.53. The topological polar surface area (TPSA) is 139 Å². The molecular weight excluding hydrogens is 446 g/mol. The molecule has 0 spiro atoms. The summed E-state index contributed by atoms with van der Waals surface area (Å²) in [5.74, 6) is 0.745. The number of fused-ring (bicyclic) bond motifs is 3. The fourth-order valence-electron chi connectivity index (χ4n) is 5.86. The maximum absolute atomic E-state index is 12.7. The van der Waals surface area contributed by atoms with Gasteiger partial charge in [0.25, 0.3) is 0 Å². The highest BCUT2D eigenvalue weighted by atomic mass is 16.3. The summed E-state index contributed by atoms with van der Waals surface area (Å²) < 4.78 is 1.53. The van der Waals surface area contributed by atoms with Gasteiger partial charge in [-0.25, -0.2) is 9.97 Å². The fraction of sp³-hybridized carbons (Fsp3) is 0.480. The molecule has 5 heterocycles. The van der Waals surface area contributed by atoms with Gasteiger partial charge in [-0.05, 0) is 57.6 Å². The minimum Gasteiger partial charge on any atom is -0.387 e. The van der Waals surface area contributed by atoms with E-state index in [9.17, 15) is 14.7 Å². The van der Waals surface area contributed by atoms with Gasteiger partial charge >= 0.3 is 0 Å². The summed E-state index contributed by atoms with van der Waals surface area (Å²) >= 11 is 0. The number of nitrogens with zero attached hydrogens (tertiary/aromatic N) is 5. The third-order valence-corrected chi connectivity index (χ3v) is 7.61. The van der Waals surface area contributed by atoms with E-state index in [1.807, 2.05) is 17.0 Å². The van der Waals surface area contributed by atoms with E-state index in [1.165, 1.54) is 24.3 Å². The van der Waals surface area contributed by atoms with E-state index in [1.54, 1.807) is 12.4 Å². The lowest BCUT2D eigenvalue weighted by Crippen LogP contribution is -2.47. The summed E-state index contributed by atoms with van der Waals surface area (Å²) in [5.41, 5.74) is 9.85. The number of nitrogens with one attached hydrogen (secondary N) is 1. The predicted molar refractivity (Wildman–Crippen MR) is 130 cm³/mol. The number of aromatic nitrogens is 4. The Morgan fingerprint density at radius 3 is 2.49 bits per heavy atom. The summed E-state index contributed by atoms with van der Waals surface area (Å²) in [6.45, 7) is 1.03. The van der Waals surface area contributed by atoms with Crippen molar-refractivity contribution in [2.75, 3.05) is 17.7 Å². The summed E-state index contributed by atoms with van der Waals surface area (Å²) in [5, 5.41) is 17.2. The highest BCUT2D eigenvalue weighted by molar-refractivity contribution is 6.00. The first-order valence-electron chi connectivity index (χ1n) is 12.3. The third-order valence-electron chi connectivity index (χ3n) is 7.61. The van der Waals surface area contributed by atoms with Crippen molar-refractivity contribution < 1.29 is 14.7 Å². The number of aliphatic hydroxyl groups excluding tert-OH is 1. The Morgan fingerprint density at radius 1 is 1.14 bits per heavy atom. The zero-order valence-corrected chi connectivity index (χ0v) is 19.6. The molecule has 10 heteroatoms. The quantitative estimate of drug-likeness (QED) is 0.462. The van der Waals surface area contributed by atoms with Gasteiger partial charge in [0.2, 0.25) is 5.91 Å². The summed E-state index contributed by atoms with van der Waals surface area (Å²) in [4.78, 5) is 36.4. The van der Waals surface area contributed by atoms with Gasteiger partial charge in [-0.1, -0.05) is 0 Å². The number of hydrogen-bond donors (Lipinski definition) is 3. The lowest BCUT2D eigenvalue weighted by molar-refractivity contribution is -0.138. The average molecular weight is 476 g/mol. The zero-order valence-electron chi connectivity index (χ0n) is 19.6. The molecule has 0 unspecified atom stereocenters. The third kappa shape index (κ3) is 3.72. The normalized spacial score (nSPS) is 23.6. The number of rotatable bonds is 6. The number of piperidine rings is 1. The van der Waals surface area contributed by atoms with Crippen LogP contribution in [0.5, 0.6) is 0 Å². The van der Waals surface area contributed by atoms with E-state index in [2.05, 4.69) is 15.4 Å². The summed E-state index contributed by atoms with van der Waals surface area (Å²) in [7, 11) is 0. The largest absolute Gasteiger partial charge is 0.387 e. The second kappa shape index (κ2) is 8.30. The SMILES string of the molecule is CC(=O)c1c([C@H]2C[C@H]3CC[C@@H](C2)N3C(=O)CO)nc2c(-c3ccc(NC4CC4)nc3)cnn2c1N. The molecule has 0 radical (unpaired) electrons. The molecule has 3 aliphatic rings. The molecule has 35 heavy (non-hydrogen) atoms. The van der Waals surface area contributed by atoms with E-state index >= 15 is 0 Å². The van der Waals surface area contributed by atoms with Crippen molar-refractivity contribution in [3.05, 3.63) is 35.8 Å². The molecule has 2 aliphatic heterocycles.